The number of para-hydroxylation sites is 1. The quantitative estimate of drug-likeness (QED) is 0.795. The summed E-state index contributed by atoms with van der Waals surface area (Å²) in [5.74, 6) is 2.04. The molecule has 0 atom stereocenters. The largest absolute Gasteiger partial charge is 0.506 e. The highest BCUT2D eigenvalue weighted by molar-refractivity contribution is 5.82. The van der Waals surface area contributed by atoms with Crippen LogP contribution in [0.3, 0.4) is 0 Å². The van der Waals surface area contributed by atoms with Gasteiger partial charge >= 0.3 is 0 Å². The van der Waals surface area contributed by atoms with Crippen LogP contribution in [0, 0.1) is 0 Å². The molecule has 84 valence electrons. The van der Waals surface area contributed by atoms with Crippen molar-refractivity contribution < 1.29 is 5.11 Å². The molecule has 3 rings (SSSR count). The first-order valence-corrected chi connectivity index (χ1v) is 5.91. The fraction of sp³-hybridized carbons (Fsp3) is 0.462. The van der Waals surface area contributed by atoms with E-state index in [9.17, 15) is 5.11 Å². The fourth-order valence-corrected chi connectivity index (χ4v) is 2.82. The molecule has 0 saturated heterocycles. The van der Waals surface area contributed by atoms with Crippen LogP contribution in [0.2, 0.25) is 0 Å². The number of aryl methyl sites for hydroxylation is 1. The summed E-state index contributed by atoms with van der Waals surface area (Å²) in [5, 5.41) is 9.85. The Morgan fingerprint density at radius 2 is 2.06 bits per heavy atom. The molecule has 1 aliphatic carbocycles. The van der Waals surface area contributed by atoms with Crippen molar-refractivity contribution in [2.24, 2.45) is 7.05 Å². The van der Waals surface area contributed by atoms with Crippen LogP contribution in [-0.2, 0) is 7.05 Å². The van der Waals surface area contributed by atoms with Crippen LogP contribution in [0.1, 0.15) is 37.4 Å². The Balaban J connectivity index is 2.19. The fourth-order valence-electron chi connectivity index (χ4n) is 2.82. The highest BCUT2D eigenvalue weighted by Crippen LogP contribution is 2.36. The van der Waals surface area contributed by atoms with Gasteiger partial charge in [-0.1, -0.05) is 18.9 Å². The summed E-state index contributed by atoms with van der Waals surface area (Å²) in [7, 11) is 2.00. The van der Waals surface area contributed by atoms with Gasteiger partial charge in [-0.25, -0.2) is 4.98 Å². The van der Waals surface area contributed by atoms with E-state index in [0.29, 0.717) is 11.7 Å². The smallest absolute Gasteiger partial charge is 0.141 e. The number of imidazole rings is 1. The van der Waals surface area contributed by atoms with Gasteiger partial charge in [0, 0.05) is 13.0 Å². The van der Waals surface area contributed by atoms with Gasteiger partial charge in [0.2, 0.25) is 0 Å². The number of nitrogens with zero attached hydrogens (tertiary/aromatic N) is 2. The van der Waals surface area contributed by atoms with Gasteiger partial charge in [0.1, 0.15) is 17.1 Å². The van der Waals surface area contributed by atoms with Crippen molar-refractivity contribution in [2.45, 2.75) is 31.6 Å². The highest BCUT2D eigenvalue weighted by Gasteiger charge is 2.23. The summed E-state index contributed by atoms with van der Waals surface area (Å²) in [4.78, 5) is 4.66. The van der Waals surface area contributed by atoms with E-state index in [2.05, 4.69) is 9.55 Å². The van der Waals surface area contributed by atoms with Crippen LogP contribution in [0.15, 0.2) is 18.2 Å². The maximum absolute atomic E-state index is 9.85. The van der Waals surface area contributed by atoms with Gasteiger partial charge in [0.15, 0.2) is 0 Å². The summed E-state index contributed by atoms with van der Waals surface area (Å²) in [6, 6.07) is 5.54. The van der Waals surface area contributed by atoms with Crippen molar-refractivity contribution in [2.75, 3.05) is 0 Å². The molecule has 0 spiro atoms. The number of phenols is 1. The van der Waals surface area contributed by atoms with Crippen molar-refractivity contribution in [1.82, 2.24) is 9.55 Å². The minimum atomic E-state index is 0.330. The molecule has 2 aromatic rings. The van der Waals surface area contributed by atoms with Gasteiger partial charge in [-0.05, 0) is 25.0 Å². The van der Waals surface area contributed by atoms with E-state index in [1.54, 1.807) is 6.07 Å². The predicted molar refractivity (Wildman–Crippen MR) is 63.6 cm³/mol. The molecule has 1 N–H and O–H groups in total. The number of fused-ring (bicyclic) bond motifs is 1. The number of phenolic OH excluding ortho intramolecular Hbond substituents is 1. The van der Waals surface area contributed by atoms with E-state index in [-0.39, 0.29) is 0 Å². The topological polar surface area (TPSA) is 38.0 Å². The third-order valence-corrected chi connectivity index (χ3v) is 3.63. The molecule has 1 aromatic heterocycles. The molecule has 0 radical (unpaired) electrons. The zero-order chi connectivity index (χ0) is 11.1. The van der Waals surface area contributed by atoms with E-state index in [4.69, 9.17) is 0 Å². The molecule has 0 amide bonds. The van der Waals surface area contributed by atoms with E-state index >= 15 is 0 Å². The number of aromatic nitrogens is 2. The molecule has 1 saturated carbocycles. The first kappa shape index (κ1) is 9.70. The van der Waals surface area contributed by atoms with E-state index in [1.807, 2.05) is 19.2 Å². The van der Waals surface area contributed by atoms with Crippen LogP contribution < -0.4 is 0 Å². The molecule has 0 bridgehead atoms. The second kappa shape index (κ2) is 3.51. The molecule has 3 nitrogen and oxygen atoms in total. The highest BCUT2D eigenvalue weighted by atomic mass is 16.3. The molecular formula is C13H16N2O. The normalized spacial score (nSPS) is 17.3. The summed E-state index contributed by atoms with van der Waals surface area (Å²) in [5.41, 5.74) is 1.77. The third kappa shape index (κ3) is 1.31. The van der Waals surface area contributed by atoms with Crippen LogP contribution in [0.5, 0.6) is 5.75 Å². The first-order chi connectivity index (χ1) is 7.77. The lowest BCUT2D eigenvalue weighted by Crippen LogP contribution is -2.02. The van der Waals surface area contributed by atoms with Crippen molar-refractivity contribution in [3.05, 3.63) is 24.0 Å². The Kier molecular flexibility index (Phi) is 2.13. The minimum absolute atomic E-state index is 0.330. The lowest BCUT2D eigenvalue weighted by Gasteiger charge is -2.08. The Morgan fingerprint density at radius 3 is 2.75 bits per heavy atom. The molecule has 0 unspecified atom stereocenters. The minimum Gasteiger partial charge on any atom is -0.506 e. The summed E-state index contributed by atoms with van der Waals surface area (Å²) in [6.07, 6.45) is 5.08. The lowest BCUT2D eigenvalue weighted by atomic mass is 10.1. The SMILES string of the molecule is Cn1c(C2CCCC2)nc2cccc(O)c21. The molecule has 3 heteroatoms. The number of rotatable bonds is 1. The summed E-state index contributed by atoms with van der Waals surface area (Å²) in [6.45, 7) is 0. The Labute approximate surface area is 94.7 Å². The van der Waals surface area contributed by atoms with Gasteiger partial charge in [-0.2, -0.15) is 0 Å². The van der Waals surface area contributed by atoms with Gasteiger partial charge < -0.3 is 9.67 Å². The summed E-state index contributed by atoms with van der Waals surface area (Å²) < 4.78 is 2.06. The predicted octanol–water partition coefficient (Wildman–Crippen LogP) is 2.94. The van der Waals surface area contributed by atoms with Crippen LogP contribution in [-0.4, -0.2) is 14.7 Å². The number of hydrogen-bond donors (Lipinski definition) is 1. The van der Waals surface area contributed by atoms with Gasteiger partial charge in [0.25, 0.3) is 0 Å². The number of hydrogen-bond acceptors (Lipinski definition) is 2. The van der Waals surface area contributed by atoms with E-state index < -0.39 is 0 Å². The van der Waals surface area contributed by atoms with Gasteiger partial charge in [0.05, 0.1) is 5.52 Å². The molecule has 1 aromatic carbocycles. The standard InChI is InChI=1S/C13H16N2O/c1-15-12-10(7-4-8-11(12)16)14-13(15)9-5-2-3-6-9/h4,7-9,16H,2-3,5-6H2,1H3. The van der Waals surface area contributed by atoms with Gasteiger partial charge in [-0.3, -0.25) is 0 Å². The zero-order valence-electron chi connectivity index (χ0n) is 9.48. The molecule has 16 heavy (non-hydrogen) atoms. The average Bonchev–Trinajstić information content (AvgIpc) is 2.86. The van der Waals surface area contributed by atoms with Crippen LogP contribution in [0.4, 0.5) is 0 Å². The molecule has 1 aliphatic rings. The van der Waals surface area contributed by atoms with Crippen LogP contribution in [0.25, 0.3) is 11.0 Å². The molecule has 1 heterocycles. The van der Waals surface area contributed by atoms with Gasteiger partial charge in [-0.15, -0.1) is 0 Å². The first-order valence-electron chi connectivity index (χ1n) is 5.91. The van der Waals surface area contributed by atoms with Crippen molar-refractivity contribution in [3.8, 4) is 5.75 Å². The van der Waals surface area contributed by atoms with E-state index in [0.717, 1.165) is 16.9 Å². The van der Waals surface area contributed by atoms with Crippen molar-refractivity contribution in [3.63, 3.8) is 0 Å². The Morgan fingerprint density at radius 1 is 1.31 bits per heavy atom. The van der Waals surface area contributed by atoms with Crippen LogP contribution >= 0.6 is 0 Å². The Bertz CT molecular complexity index is 524. The maximum atomic E-state index is 9.85. The average molecular weight is 216 g/mol. The summed E-state index contributed by atoms with van der Waals surface area (Å²) >= 11 is 0. The third-order valence-electron chi connectivity index (χ3n) is 3.63. The maximum Gasteiger partial charge on any atom is 0.141 e. The van der Waals surface area contributed by atoms with Crippen molar-refractivity contribution >= 4 is 11.0 Å². The zero-order valence-corrected chi connectivity index (χ0v) is 9.48. The lowest BCUT2D eigenvalue weighted by molar-refractivity contribution is 0.478. The number of aromatic hydroxyl groups is 1. The molecule has 0 aliphatic heterocycles. The monoisotopic (exact) mass is 216 g/mol. The second-order valence-electron chi connectivity index (χ2n) is 4.66. The molecule has 1 fully saturated rings. The Hall–Kier alpha value is -1.51. The van der Waals surface area contributed by atoms with Crippen molar-refractivity contribution in [1.29, 1.82) is 0 Å². The number of benzene rings is 1. The second-order valence-corrected chi connectivity index (χ2v) is 4.66. The molecular weight excluding hydrogens is 200 g/mol. The van der Waals surface area contributed by atoms with E-state index in [1.165, 1.54) is 25.7 Å².